The maximum absolute atomic E-state index is 12.5. The Morgan fingerprint density at radius 3 is 2.36 bits per heavy atom. The molecule has 2 aromatic carbocycles. The molecular formula is C19H18O5S. The van der Waals surface area contributed by atoms with E-state index in [1.807, 2.05) is 13.8 Å². The van der Waals surface area contributed by atoms with E-state index >= 15 is 0 Å². The lowest BCUT2D eigenvalue weighted by Crippen LogP contribution is -2.12. The highest BCUT2D eigenvalue weighted by molar-refractivity contribution is 7.87. The summed E-state index contributed by atoms with van der Waals surface area (Å²) in [5.74, 6) is -0.154. The lowest BCUT2D eigenvalue weighted by Gasteiger charge is -2.13. The van der Waals surface area contributed by atoms with Crippen LogP contribution in [0.5, 0.6) is 5.75 Å². The predicted octanol–water partition coefficient (Wildman–Crippen LogP) is 3.66. The summed E-state index contributed by atoms with van der Waals surface area (Å²) in [7, 11) is -4.09. The van der Waals surface area contributed by atoms with Crippen molar-refractivity contribution < 1.29 is 22.2 Å². The maximum Gasteiger partial charge on any atom is 0.339 e. The molecule has 0 saturated carbocycles. The van der Waals surface area contributed by atoms with Crippen molar-refractivity contribution in [3.05, 3.63) is 58.7 Å². The molecular weight excluding hydrogens is 340 g/mol. The van der Waals surface area contributed by atoms with Crippen LogP contribution in [0.3, 0.4) is 0 Å². The summed E-state index contributed by atoms with van der Waals surface area (Å²) in [6.07, 6.45) is 0.351. The quantitative estimate of drug-likeness (QED) is 0.616. The first kappa shape index (κ1) is 17.4. The third-order valence-corrected chi connectivity index (χ3v) is 5.69. The lowest BCUT2D eigenvalue weighted by atomic mass is 9.98. The van der Waals surface area contributed by atoms with Crippen molar-refractivity contribution in [1.82, 2.24) is 0 Å². The maximum atomic E-state index is 12.5. The third-order valence-electron chi connectivity index (χ3n) is 4.44. The van der Waals surface area contributed by atoms with E-state index in [9.17, 15) is 18.0 Å². The predicted molar refractivity (Wildman–Crippen MR) is 92.8 cm³/mol. The van der Waals surface area contributed by atoms with Gasteiger partial charge in [0.2, 0.25) is 0 Å². The van der Waals surface area contributed by atoms with E-state index in [0.29, 0.717) is 17.5 Å². The smallest absolute Gasteiger partial charge is 0.339 e. The zero-order valence-corrected chi connectivity index (χ0v) is 15.0. The van der Waals surface area contributed by atoms with Crippen LogP contribution in [0, 0.1) is 6.92 Å². The molecule has 1 aliphatic carbocycles. The Morgan fingerprint density at radius 1 is 1.12 bits per heavy atom. The van der Waals surface area contributed by atoms with Crippen LogP contribution in [-0.2, 0) is 10.1 Å². The van der Waals surface area contributed by atoms with E-state index in [4.69, 9.17) is 4.18 Å². The van der Waals surface area contributed by atoms with E-state index in [0.717, 1.165) is 11.1 Å². The molecule has 0 bridgehead atoms. The van der Waals surface area contributed by atoms with Crippen LogP contribution in [-0.4, -0.2) is 20.0 Å². The summed E-state index contributed by atoms with van der Waals surface area (Å²) in [4.78, 5) is 23.5. The Bertz CT molecular complexity index is 972. The highest BCUT2D eigenvalue weighted by Gasteiger charge is 2.32. The van der Waals surface area contributed by atoms with Gasteiger partial charge in [0.1, 0.15) is 4.90 Å². The Morgan fingerprint density at radius 2 is 1.76 bits per heavy atom. The number of fused-ring (bicyclic) bond motifs is 1. The van der Waals surface area contributed by atoms with Gasteiger partial charge in [-0.05, 0) is 49.1 Å². The summed E-state index contributed by atoms with van der Waals surface area (Å²) in [6.45, 7) is 5.24. The summed E-state index contributed by atoms with van der Waals surface area (Å²) in [6, 6.07) is 8.80. The molecule has 0 N–H and O–H groups in total. The topological polar surface area (TPSA) is 77.5 Å². The first-order valence-electron chi connectivity index (χ1n) is 7.93. The fraction of sp³-hybridized carbons (Fsp3) is 0.263. The molecule has 1 unspecified atom stereocenters. The Labute approximate surface area is 146 Å². The SMILES string of the molecule is CC(=O)c1ccc(S(=O)(=O)Oc2ccc(C)c3c2C(=O)CC3C)cc1. The highest BCUT2D eigenvalue weighted by Crippen LogP contribution is 2.40. The van der Waals surface area contributed by atoms with E-state index in [1.165, 1.54) is 37.3 Å². The van der Waals surface area contributed by atoms with Crippen LogP contribution in [0.4, 0.5) is 0 Å². The zero-order chi connectivity index (χ0) is 18.4. The van der Waals surface area contributed by atoms with Gasteiger partial charge in [-0.2, -0.15) is 8.42 Å². The molecule has 1 aliphatic rings. The van der Waals surface area contributed by atoms with Crippen molar-refractivity contribution in [3.63, 3.8) is 0 Å². The van der Waals surface area contributed by atoms with Crippen molar-refractivity contribution in [1.29, 1.82) is 0 Å². The number of rotatable bonds is 4. The van der Waals surface area contributed by atoms with Gasteiger partial charge in [0.05, 0.1) is 5.56 Å². The van der Waals surface area contributed by atoms with Crippen molar-refractivity contribution in [2.24, 2.45) is 0 Å². The minimum Gasteiger partial charge on any atom is -0.378 e. The summed E-state index contributed by atoms with van der Waals surface area (Å²) < 4.78 is 30.3. The van der Waals surface area contributed by atoms with Crippen molar-refractivity contribution >= 4 is 21.7 Å². The van der Waals surface area contributed by atoms with E-state index in [1.54, 1.807) is 6.07 Å². The molecule has 5 nitrogen and oxygen atoms in total. The third kappa shape index (κ3) is 3.09. The Balaban J connectivity index is 2.00. The van der Waals surface area contributed by atoms with Crippen molar-refractivity contribution in [3.8, 4) is 5.75 Å². The normalized spacial score (nSPS) is 16.6. The number of hydrogen-bond donors (Lipinski definition) is 0. The van der Waals surface area contributed by atoms with Crippen LogP contribution < -0.4 is 4.18 Å². The van der Waals surface area contributed by atoms with E-state index in [2.05, 4.69) is 0 Å². The van der Waals surface area contributed by atoms with Gasteiger partial charge >= 0.3 is 10.1 Å². The highest BCUT2D eigenvalue weighted by atomic mass is 32.2. The van der Waals surface area contributed by atoms with Gasteiger partial charge in [0, 0.05) is 12.0 Å². The second-order valence-electron chi connectivity index (χ2n) is 6.32. The van der Waals surface area contributed by atoms with Crippen LogP contribution in [0.1, 0.15) is 58.0 Å². The number of carbonyl (C=O) groups excluding carboxylic acids is 2. The lowest BCUT2D eigenvalue weighted by molar-refractivity contribution is 0.0986. The van der Waals surface area contributed by atoms with E-state index in [-0.39, 0.29) is 28.1 Å². The van der Waals surface area contributed by atoms with Gasteiger partial charge in [-0.15, -0.1) is 0 Å². The van der Waals surface area contributed by atoms with Gasteiger partial charge < -0.3 is 4.18 Å². The molecule has 0 spiro atoms. The molecule has 6 heteroatoms. The number of benzene rings is 2. The second kappa shape index (κ2) is 6.11. The second-order valence-corrected chi connectivity index (χ2v) is 7.86. The van der Waals surface area contributed by atoms with Crippen LogP contribution >= 0.6 is 0 Å². The Hall–Kier alpha value is -2.47. The van der Waals surface area contributed by atoms with Crippen LogP contribution in [0.2, 0.25) is 0 Å². The first-order valence-corrected chi connectivity index (χ1v) is 9.33. The fourth-order valence-corrected chi connectivity index (χ4v) is 4.14. The summed E-state index contributed by atoms with van der Waals surface area (Å²) in [5, 5.41) is 0. The molecule has 2 aromatic rings. The van der Waals surface area contributed by atoms with Gasteiger partial charge in [0.25, 0.3) is 0 Å². The summed E-state index contributed by atoms with van der Waals surface area (Å²) in [5.41, 5.74) is 2.57. The molecule has 0 fully saturated rings. The molecule has 0 saturated heterocycles. The summed E-state index contributed by atoms with van der Waals surface area (Å²) >= 11 is 0. The fourth-order valence-electron chi connectivity index (χ4n) is 3.20. The number of Topliss-reactive ketones (excluding diaryl/α,β-unsaturated/α-hetero) is 2. The minimum absolute atomic E-state index is 0.0450. The Kier molecular flexibility index (Phi) is 4.24. The average Bonchev–Trinajstić information content (AvgIpc) is 2.86. The van der Waals surface area contributed by atoms with Crippen molar-refractivity contribution in [2.75, 3.05) is 0 Å². The van der Waals surface area contributed by atoms with Gasteiger partial charge in [-0.1, -0.05) is 25.1 Å². The standard InChI is InChI=1S/C19H18O5S/c1-11-4-9-17(19-16(21)10-12(2)18(11)19)24-25(22,23)15-7-5-14(6-8-15)13(3)20/h4-9,12H,10H2,1-3H3. The number of hydrogen-bond acceptors (Lipinski definition) is 5. The number of aryl methyl sites for hydroxylation is 1. The van der Waals surface area contributed by atoms with Gasteiger partial charge in [0.15, 0.2) is 17.3 Å². The average molecular weight is 358 g/mol. The van der Waals surface area contributed by atoms with Crippen LogP contribution in [0.15, 0.2) is 41.3 Å². The minimum atomic E-state index is -4.09. The molecule has 1 atom stereocenters. The molecule has 0 radical (unpaired) electrons. The van der Waals surface area contributed by atoms with Gasteiger partial charge in [-0.25, -0.2) is 0 Å². The molecule has 0 aliphatic heterocycles. The first-order chi connectivity index (χ1) is 11.7. The number of ketones is 2. The van der Waals surface area contributed by atoms with Crippen molar-refractivity contribution in [2.45, 2.75) is 38.0 Å². The van der Waals surface area contributed by atoms with Crippen LogP contribution in [0.25, 0.3) is 0 Å². The monoisotopic (exact) mass is 358 g/mol. The molecule has 25 heavy (non-hydrogen) atoms. The molecule has 0 amide bonds. The zero-order valence-electron chi connectivity index (χ0n) is 14.2. The number of carbonyl (C=O) groups is 2. The largest absolute Gasteiger partial charge is 0.378 e. The molecule has 0 heterocycles. The molecule has 0 aromatic heterocycles. The van der Waals surface area contributed by atoms with E-state index < -0.39 is 10.1 Å². The van der Waals surface area contributed by atoms with Gasteiger partial charge in [-0.3, -0.25) is 9.59 Å². The molecule has 3 rings (SSSR count). The molecule has 130 valence electrons.